The van der Waals surface area contributed by atoms with Gasteiger partial charge in [0.1, 0.15) is 0 Å². The average Bonchev–Trinajstić information content (AvgIpc) is 3.28. The molecule has 0 aromatic heterocycles. The molecule has 21 heavy (non-hydrogen) atoms. The van der Waals surface area contributed by atoms with Crippen molar-refractivity contribution in [1.82, 2.24) is 4.90 Å². The molecule has 2 nitrogen and oxygen atoms in total. The molecule has 1 aliphatic carbocycles. The van der Waals surface area contributed by atoms with E-state index in [2.05, 4.69) is 11.8 Å². The van der Waals surface area contributed by atoms with Crippen molar-refractivity contribution in [2.24, 2.45) is 5.73 Å². The van der Waals surface area contributed by atoms with E-state index in [9.17, 15) is 0 Å². The molecule has 0 aromatic rings. The van der Waals surface area contributed by atoms with E-state index in [1.54, 1.807) is 0 Å². The first-order valence-corrected chi connectivity index (χ1v) is 9.67. The predicted molar refractivity (Wildman–Crippen MR) is 97.8 cm³/mol. The second-order valence-corrected chi connectivity index (χ2v) is 7.19. The zero-order chi connectivity index (χ0) is 15.3. The van der Waals surface area contributed by atoms with Gasteiger partial charge < -0.3 is 5.73 Å². The molecule has 1 aliphatic rings. The van der Waals surface area contributed by atoms with Gasteiger partial charge in [0.05, 0.1) is 4.99 Å². The van der Waals surface area contributed by atoms with Crippen molar-refractivity contribution in [1.29, 1.82) is 0 Å². The standard InChI is InChI=1S/C18H36N2S/c1-2-3-4-5-6-7-8-9-10-11-15-20(17-12-13-17)16-14-18(19)21/h17H,2-16H2,1H3,(H2,19,21). The van der Waals surface area contributed by atoms with Crippen LogP contribution in [0.2, 0.25) is 0 Å². The highest BCUT2D eigenvalue weighted by Gasteiger charge is 2.27. The monoisotopic (exact) mass is 312 g/mol. The normalized spacial score (nSPS) is 14.8. The predicted octanol–water partition coefficient (Wildman–Crippen LogP) is 5.05. The van der Waals surface area contributed by atoms with Crippen LogP contribution in [-0.4, -0.2) is 29.0 Å². The van der Waals surface area contributed by atoms with E-state index < -0.39 is 0 Å². The van der Waals surface area contributed by atoms with Crippen molar-refractivity contribution in [3.63, 3.8) is 0 Å². The molecule has 0 saturated heterocycles. The summed E-state index contributed by atoms with van der Waals surface area (Å²) in [7, 11) is 0. The number of rotatable bonds is 15. The average molecular weight is 313 g/mol. The van der Waals surface area contributed by atoms with Crippen molar-refractivity contribution < 1.29 is 0 Å². The largest absolute Gasteiger partial charge is 0.393 e. The fourth-order valence-electron chi connectivity index (χ4n) is 2.97. The lowest BCUT2D eigenvalue weighted by molar-refractivity contribution is 0.264. The molecule has 0 heterocycles. The summed E-state index contributed by atoms with van der Waals surface area (Å²) >= 11 is 4.99. The Morgan fingerprint density at radius 2 is 1.43 bits per heavy atom. The van der Waals surface area contributed by atoms with E-state index in [0.29, 0.717) is 4.99 Å². The van der Waals surface area contributed by atoms with Crippen molar-refractivity contribution in [3.8, 4) is 0 Å². The van der Waals surface area contributed by atoms with Gasteiger partial charge in [-0.25, -0.2) is 0 Å². The summed E-state index contributed by atoms with van der Waals surface area (Å²) in [4.78, 5) is 3.29. The molecule has 1 rings (SSSR count). The van der Waals surface area contributed by atoms with Crippen LogP contribution in [0.3, 0.4) is 0 Å². The lowest BCUT2D eigenvalue weighted by atomic mass is 10.1. The van der Waals surface area contributed by atoms with Crippen molar-refractivity contribution >= 4 is 17.2 Å². The van der Waals surface area contributed by atoms with Crippen LogP contribution in [0.1, 0.15) is 90.4 Å². The van der Waals surface area contributed by atoms with Crippen molar-refractivity contribution in [2.75, 3.05) is 13.1 Å². The van der Waals surface area contributed by atoms with Gasteiger partial charge in [-0.1, -0.05) is 76.9 Å². The van der Waals surface area contributed by atoms with Gasteiger partial charge in [0, 0.05) is 19.0 Å². The molecule has 0 aromatic carbocycles. The maximum atomic E-state index is 5.62. The van der Waals surface area contributed by atoms with E-state index in [1.807, 2.05) is 0 Å². The quantitative estimate of drug-likeness (QED) is 0.339. The van der Waals surface area contributed by atoms with Crippen LogP contribution in [0.4, 0.5) is 0 Å². The van der Waals surface area contributed by atoms with E-state index >= 15 is 0 Å². The summed E-state index contributed by atoms with van der Waals surface area (Å²) in [5, 5.41) is 0. The van der Waals surface area contributed by atoms with Crippen LogP contribution in [0, 0.1) is 0 Å². The minimum absolute atomic E-state index is 0.670. The van der Waals surface area contributed by atoms with Gasteiger partial charge in [-0.05, 0) is 25.8 Å². The Morgan fingerprint density at radius 3 is 1.90 bits per heavy atom. The number of unbranched alkanes of at least 4 members (excludes halogenated alkanes) is 9. The van der Waals surface area contributed by atoms with Gasteiger partial charge >= 0.3 is 0 Å². The first-order valence-electron chi connectivity index (χ1n) is 9.26. The minimum Gasteiger partial charge on any atom is -0.393 e. The fourth-order valence-corrected chi connectivity index (χ4v) is 3.06. The maximum absolute atomic E-state index is 5.62. The van der Waals surface area contributed by atoms with Crippen LogP contribution in [0.15, 0.2) is 0 Å². The Balaban J connectivity index is 1.88. The highest BCUT2D eigenvalue weighted by Crippen LogP contribution is 2.27. The molecule has 0 spiro atoms. The third-order valence-electron chi connectivity index (χ3n) is 4.51. The molecule has 0 aliphatic heterocycles. The Hall–Kier alpha value is -0.150. The molecule has 0 unspecified atom stereocenters. The van der Waals surface area contributed by atoms with Crippen LogP contribution in [0.5, 0.6) is 0 Å². The van der Waals surface area contributed by atoms with Gasteiger partial charge in [-0.3, -0.25) is 4.90 Å². The van der Waals surface area contributed by atoms with Crippen LogP contribution >= 0.6 is 12.2 Å². The lowest BCUT2D eigenvalue weighted by Crippen LogP contribution is -2.30. The first kappa shape index (κ1) is 18.9. The number of nitrogens with zero attached hydrogens (tertiary/aromatic N) is 1. The van der Waals surface area contributed by atoms with Gasteiger partial charge in [0.25, 0.3) is 0 Å². The molecule has 0 radical (unpaired) electrons. The number of hydrogen-bond donors (Lipinski definition) is 1. The molecule has 3 heteroatoms. The van der Waals surface area contributed by atoms with Gasteiger partial charge in [0.15, 0.2) is 0 Å². The highest BCUT2D eigenvalue weighted by molar-refractivity contribution is 7.80. The zero-order valence-corrected chi connectivity index (χ0v) is 14.9. The SMILES string of the molecule is CCCCCCCCCCCCN(CCC(N)=S)C1CC1. The molecule has 0 atom stereocenters. The molecule has 124 valence electrons. The summed E-state index contributed by atoms with van der Waals surface area (Å²) in [6.45, 7) is 4.62. The summed E-state index contributed by atoms with van der Waals surface area (Å²) in [5.74, 6) is 0. The molecule has 0 bridgehead atoms. The summed E-state index contributed by atoms with van der Waals surface area (Å²) in [6.07, 6.45) is 17.8. The summed E-state index contributed by atoms with van der Waals surface area (Å²) in [5.41, 5.74) is 5.62. The van der Waals surface area contributed by atoms with Crippen LogP contribution in [-0.2, 0) is 0 Å². The molecular weight excluding hydrogens is 276 g/mol. The minimum atomic E-state index is 0.670. The molecule has 2 N–H and O–H groups in total. The third-order valence-corrected chi connectivity index (χ3v) is 4.71. The molecule has 0 amide bonds. The van der Waals surface area contributed by atoms with E-state index in [1.165, 1.54) is 83.6 Å². The Bertz CT molecular complexity index is 264. The zero-order valence-electron chi connectivity index (χ0n) is 14.1. The van der Waals surface area contributed by atoms with E-state index in [-0.39, 0.29) is 0 Å². The number of hydrogen-bond acceptors (Lipinski definition) is 2. The highest BCUT2D eigenvalue weighted by atomic mass is 32.1. The van der Waals surface area contributed by atoms with E-state index in [4.69, 9.17) is 18.0 Å². The second kappa shape index (κ2) is 12.4. The van der Waals surface area contributed by atoms with Gasteiger partial charge in [-0.15, -0.1) is 0 Å². The van der Waals surface area contributed by atoms with Gasteiger partial charge in [0.2, 0.25) is 0 Å². The maximum Gasteiger partial charge on any atom is 0.0740 e. The number of thiocarbonyl (C=S) groups is 1. The smallest absolute Gasteiger partial charge is 0.0740 e. The molecule has 1 saturated carbocycles. The first-order chi connectivity index (χ1) is 10.2. The van der Waals surface area contributed by atoms with Gasteiger partial charge in [-0.2, -0.15) is 0 Å². The number of nitrogens with two attached hydrogens (primary N) is 1. The second-order valence-electron chi connectivity index (χ2n) is 6.67. The Labute approximate surface area is 137 Å². The summed E-state index contributed by atoms with van der Waals surface area (Å²) in [6, 6.07) is 0.845. The Morgan fingerprint density at radius 1 is 0.905 bits per heavy atom. The topological polar surface area (TPSA) is 29.3 Å². The van der Waals surface area contributed by atoms with Crippen molar-refractivity contribution in [2.45, 2.75) is 96.4 Å². The third kappa shape index (κ3) is 11.1. The van der Waals surface area contributed by atoms with Crippen LogP contribution < -0.4 is 5.73 Å². The molecule has 1 fully saturated rings. The van der Waals surface area contributed by atoms with E-state index in [0.717, 1.165) is 19.0 Å². The Kier molecular flexibility index (Phi) is 11.2. The fraction of sp³-hybridized carbons (Fsp3) is 0.944. The summed E-state index contributed by atoms with van der Waals surface area (Å²) < 4.78 is 0. The molecular formula is C18H36N2S. The lowest BCUT2D eigenvalue weighted by Gasteiger charge is -2.21. The van der Waals surface area contributed by atoms with Crippen LogP contribution in [0.25, 0.3) is 0 Å². The van der Waals surface area contributed by atoms with Crippen molar-refractivity contribution in [3.05, 3.63) is 0 Å².